The fourth-order valence-electron chi connectivity index (χ4n) is 4.09. The van der Waals surface area contributed by atoms with Crippen molar-refractivity contribution >= 4 is 23.6 Å². The van der Waals surface area contributed by atoms with Crippen LogP contribution in [0.5, 0.6) is 0 Å². The van der Waals surface area contributed by atoms with Crippen LogP contribution in [0.25, 0.3) is 0 Å². The molecule has 3 aromatic rings. The molecule has 0 bridgehead atoms. The molecule has 0 saturated carbocycles. The van der Waals surface area contributed by atoms with Gasteiger partial charge < -0.3 is 0 Å². The molecule has 0 fully saturated rings. The minimum Gasteiger partial charge on any atom is -0.0624 e. The van der Waals surface area contributed by atoms with E-state index >= 15 is 0 Å². The second-order valence-electron chi connectivity index (χ2n) is 6.24. The summed E-state index contributed by atoms with van der Waals surface area (Å²) < 4.78 is 0. The van der Waals surface area contributed by atoms with Crippen LogP contribution in [0, 0.1) is 6.92 Å². The Morgan fingerprint density at radius 3 is 1.86 bits per heavy atom. The average Bonchev–Trinajstić information content (AvgIpc) is 2.98. The minimum atomic E-state index is -1.84. The molecule has 0 radical (unpaired) electrons. The molecule has 0 aliphatic carbocycles. The number of aryl methyl sites for hydroxylation is 1. The van der Waals surface area contributed by atoms with Gasteiger partial charge in [-0.1, -0.05) is 78.9 Å². The van der Waals surface area contributed by atoms with E-state index in [1.54, 1.807) is 21.1 Å². The van der Waals surface area contributed by atoms with E-state index in [1.165, 1.54) is 18.0 Å². The van der Waals surface area contributed by atoms with Gasteiger partial charge in [0.15, 0.2) is 0 Å². The van der Waals surface area contributed by atoms with Crippen LogP contribution in [0.1, 0.15) is 11.1 Å². The van der Waals surface area contributed by atoms with Gasteiger partial charge in [0, 0.05) is 0 Å². The number of rotatable bonds is 2. The highest BCUT2D eigenvalue weighted by atomic mass is 28.3. The van der Waals surface area contributed by atoms with Crippen molar-refractivity contribution in [3.63, 3.8) is 0 Å². The monoisotopic (exact) mass is 300 g/mol. The lowest BCUT2D eigenvalue weighted by Gasteiger charge is -2.29. The second-order valence-corrected chi connectivity index (χ2v) is 10.2. The number of hydrogen-bond acceptors (Lipinski definition) is 0. The predicted octanol–water partition coefficient (Wildman–Crippen LogP) is 3.02. The summed E-state index contributed by atoms with van der Waals surface area (Å²) >= 11 is 0. The lowest BCUT2D eigenvalue weighted by Crippen LogP contribution is -2.65. The summed E-state index contributed by atoms with van der Waals surface area (Å²) in [5.41, 5.74) is 3.06. The molecule has 0 amide bonds. The van der Waals surface area contributed by atoms with E-state index < -0.39 is 8.07 Å². The first-order valence-corrected chi connectivity index (χ1v) is 10.2. The normalized spacial score (nSPS) is 15.5. The summed E-state index contributed by atoms with van der Waals surface area (Å²) in [6, 6.07) is 30.6. The maximum atomic E-state index is 2.39. The molecule has 4 rings (SSSR count). The van der Waals surface area contributed by atoms with Crippen LogP contribution in [0.15, 0.2) is 78.9 Å². The summed E-state index contributed by atoms with van der Waals surface area (Å²) in [5.74, 6) is 0. The van der Waals surface area contributed by atoms with Gasteiger partial charge in [0.2, 0.25) is 0 Å². The standard InChI is InChI=1S/C21H20Si/c1-17-9-8-14-21-20(17)15-16-22(21,18-10-4-2-5-11-18)19-12-6-3-7-13-19/h2-14H,15-16H2,1H3. The van der Waals surface area contributed by atoms with Gasteiger partial charge in [0.1, 0.15) is 8.07 Å². The van der Waals surface area contributed by atoms with Gasteiger partial charge in [-0.2, -0.15) is 0 Å². The van der Waals surface area contributed by atoms with Crippen molar-refractivity contribution < 1.29 is 0 Å². The molecule has 1 heterocycles. The molecule has 22 heavy (non-hydrogen) atoms. The van der Waals surface area contributed by atoms with Crippen LogP contribution >= 0.6 is 0 Å². The molecule has 1 heteroatoms. The van der Waals surface area contributed by atoms with Crippen LogP contribution in [-0.2, 0) is 6.42 Å². The van der Waals surface area contributed by atoms with Crippen molar-refractivity contribution in [2.75, 3.05) is 0 Å². The van der Waals surface area contributed by atoms with E-state index in [4.69, 9.17) is 0 Å². The van der Waals surface area contributed by atoms with Crippen molar-refractivity contribution in [2.45, 2.75) is 19.4 Å². The average molecular weight is 300 g/mol. The Morgan fingerprint density at radius 2 is 1.27 bits per heavy atom. The Morgan fingerprint density at radius 1 is 0.682 bits per heavy atom. The minimum absolute atomic E-state index is 1.22. The van der Waals surface area contributed by atoms with Crippen LogP contribution in [0.2, 0.25) is 6.04 Å². The van der Waals surface area contributed by atoms with Gasteiger partial charge in [-0.25, -0.2) is 0 Å². The molecule has 0 nitrogen and oxygen atoms in total. The van der Waals surface area contributed by atoms with E-state index in [9.17, 15) is 0 Å². The molecule has 0 aromatic heterocycles. The molecule has 0 saturated heterocycles. The molecule has 0 spiro atoms. The summed E-state index contributed by atoms with van der Waals surface area (Å²) in [4.78, 5) is 0. The van der Waals surface area contributed by atoms with Crippen molar-refractivity contribution in [3.8, 4) is 0 Å². The Kier molecular flexibility index (Phi) is 3.23. The van der Waals surface area contributed by atoms with Crippen molar-refractivity contribution in [1.29, 1.82) is 0 Å². The molecule has 1 aliphatic rings. The third-order valence-corrected chi connectivity index (χ3v) is 10.2. The summed E-state index contributed by atoms with van der Waals surface area (Å²) in [6.07, 6.45) is 1.22. The largest absolute Gasteiger partial charge is 0.149 e. The fraction of sp³-hybridized carbons (Fsp3) is 0.143. The Balaban J connectivity index is 2.04. The molecule has 1 aliphatic heterocycles. The molecule has 108 valence electrons. The van der Waals surface area contributed by atoms with E-state index in [-0.39, 0.29) is 0 Å². The summed E-state index contributed by atoms with van der Waals surface area (Å²) in [5, 5.41) is 4.72. The molecule has 0 unspecified atom stereocenters. The van der Waals surface area contributed by atoms with Crippen molar-refractivity contribution in [1.82, 2.24) is 0 Å². The zero-order valence-corrected chi connectivity index (χ0v) is 13.9. The Hall–Kier alpha value is -2.12. The molecular formula is C21H20Si. The lowest BCUT2D eigenvalue weighted by atomic mass is 10.1. The molecule has 0 N–H and O–H groups in total. The highest BCUT2D eigenvalue weighted by Gasteiger charge is 2.44. The SMILES string of the molecule is Cc1cccc2c1CC[Si]2(c1ccccc1)c1ccccc1. The first kappa shape index (κ1) is 13.5. The maximum Gasteiger partial charge on any atom is 0.149 e. The van der Waals surface area contributed by atoms with E-state index in [1.807, 2.05) is 0 Å². The molecule has 3 aromatic carbocycles. The van der Waals surface area contributed by atoms with Crippen molar-refractivity contribution in [2.24, 2.45) is 0 Å². The second kappa shape index (κ2) is 5.26. The van der Waals surface area contributed by atoms with Crippen LogP contribution in [0.4, 0.5) is 0 Å². The highest BCUT2D eigenvalue weighted by molar-refractivity contribution is 7.12. The topological polar surface area (TPSA) is 0 Å². The maximum absolute atomic E-state index is 2.39. The summed E-state index contributed by atoms with van der Waals surface area (Å²) in [7, 11) is -1.84. The van der Waals surface area contributed by atoms with Gasteiger partial charge in [-0.3, -0.25) is 0 Å². The van der Waals surface area contributed by atoms with Gasteiger partial charge >= 0.3 is 0 Å². The number of fused-ring (bicyclic) bond motifs is 1. The van der Waals surface area contributed by atoms with Crippen LogP contribution in [-0.4, -0.2) is 8.07 Å². The van der Waals surface area contributed by atoms with Crippen LogP contribution in [0.3, 0.4) is 0 Å². The first-order chi connectivity index (χ1) is 10.8. The van der Waals surface area contributed by atoms with Gasteiger partial charge in [0.25, 0.3) is 0 Å². The van der Waals surface area contributed by atoms with Crippen molar-refractivity contribution in [3.05, 3.63) is 90.0 Å². The quantitative estimate of drug-likeness (QED) is 0.638. The Bertz CT molecular complexity index is 751. The highest BCUT2D eigenvalue weighted by Crippen LogP contribution is 2.26. The third kappa shape index (κ3) is 1.89. The fourth-order valence-corrected chi connectivity index (χ4v) is 9.26. The molecular weight excluding hydrogens is 280 g/mol. The lowest BCUT2D eigenvalue weighted by molar-refractivity contribution is 1.14. The van der Waals surface area contributed by atoms with Gasteiger partial charge in [0.05, 0.1) is 0 Å². The zero-order chi connectivity index (χ0) is 15.0. The van der Waals surface area contributed by atoms with E-state index in [2.05, 4.69) is 85.8 Å². The van der Waals surface area contributed by atoms with Gasteiger partial charge in [-0.05, 0) is 46.1 Å². The van der Waals surface area contributed by atoms with E-state index in [0.717, 1.165) is 0 Å². The number of hydrogen-bond donors (Lipinski definition) is 0. The Labute approximate surface area is 133 Å². The van der Waals surface area contributed by atoms with Gasteiger partial charge in [-0.15, -0.1) is 0 Å². The smallest absolute Gasteiger partial charge is 0.0624 e. The number of benzene rings is 3. The third-order valence-electron chi connectivity index (χ3n) is 5.15. The summed E-state index contributed by atoms with van der Waals surface area (Å²) in [6.45, 7) is 2.26. The predicted molar refractivity (Wildman–Crippen MR) is 97.2 cm³/mol. The van der Waals surface area contributed by atoms with Crippen LogP contribution < -0.4 is 15.6 Å². The van der Waals surface area contributed by atoms with E-state index in [0.29, 0.717) is 0 Å². The first-order valence-electron chi connectivity index (χ1n) is 8.02. The zero-order valence-electron chi connectivity index (χ0n) is 12.9. The molecule has 0 atom stereocenters.